The number of nitriles is 1. The average Bonchev–Trinajstić information content (AvgIpc) is 1.95. The van der Waals surface area contributed by atoms with E-state index >= 15 is 0 Å². The van der Waals surface area contributed by atoms with Crippen LogP contribution in [0.4, 0.5) is 0 Å². The summed E-state index contributed by atoms with van der Waals surface area (Å²) in [5.41, 5.74) is 1.50. The highest BCUT2D eigenvalue weighted by atomic mass is 15.1. The molecule has 0 N–H and O–H groups in total. The second kappa shape index (κ2) is 2.40. The molecule has 1 aliphatic rings. The van der Waals surface area contributed by atoms with Crippen molar-refractivity contribution in [3.8, 4) is 6.07 Å². The summed E-state index contributed by atoms with van der Waals surface area (Å²) in [6.07, 6.45) is 5.33. The van der Waals surface area contributed by atoms with Gasteiger partial charge in [-0.2, -0.15) is 5.26 Å². The first kappa shape index (κ1) is 6.63. The van der Waals surface area contributed by atoms with Gasteiger partial charge in [-0.3, -0.25) is 0 Å². The van der Waals surface area contributed by atoms with Crippen LogP contribution in [0.3, 0.4) is 0 Å². The molecule has 10 heavy (non-hydrogen) atoms. The van der Waals surface area contributed by atoms with Gasteiger partial charge in [0.25, 0.3) is 0 Å². The maximum Gasteiger partial charge on any atom is 0.0992 e. The van der Waals surface area contributed by atoms with Gasteiger partial charge in [-0.05, 0) is 12.2 Å². The first-order valence-electron chi connectivity index (χ1n) is 2.96. The van der Waals surface area contributed by atoms with E-state index in [1.54, 1.807) is 12.2 Å². The minimum absolute atomic E-state index is 0.656. The molecule has 0 saturated heterocycles. The van der Waals surface area contributed by atoms with Crippen LogP contribution in [0.15, 0.2) is 36.2 Å². The Morgan fingerprint density at radius 3 is 2.90 bits per heavy atom. The average molecular weight is 132 g/mol. The summed E-state index contributed by atoms with van der Waals surface area (Å²) >= 11 is 0. The fraction of sp³-hybridized carbons (Fsp3) is 0.125. The van der Waals surface area contributed by atoms with E-state index < -0.39 is 0 Å². The number of hydrogen-bond donors (Lipinski definition) is 0. The highest BCUT2D eigenvalue weighted by Crippen LogP contribution is 2.11. The maximum atomic E-state index is 8.47. The van der Waals surface area contributed by atoms with Crippen molar-refractivity contribution in [3.63, 3.8) is 0 Å². The second-order valence-electron chi connectivity index (χ2n) is 2.13. The first-order chi connectivity index (χ1) is 4.74. The molecule has 2 heteroatoms. The Labute approximate surface area is 60.4 Å². The lowest BCUT2D eigenvalue weighted by atomic mass is 10.2. The van der Waals surface area contributed by atoms with Gasteiger partial charge in [0.2, 0.25) is 0 Å². The summed E-state index contributed by atoms with van der Waals surface area (Å²) in [5.74, 6) is 0. The number of rotatable bonds is 0. The van der Waals surface area contributed by atoms with Crippen LogP contribution in [0.2, 0.25) is 0 Å². The number of likely N-dealkylation sites (N-methyl/N-ethyl adjacent to an activating group) is 1. The maximum absolute atomic E-state index is 8.47. The van der Waals surface area contributed by atoms with Gasteiger partial charge in [0.1, 0.15) is 0 Å². The van der Waals surface area contributed by atoms with Gasteiger partial charge < -0.3 is 4.90 Å². The van der Waals surface area contributed by atoms with Crippen LogP contribution >= 0.6 is 0 Å². The van der Waals surface area contributed by atoms with Crippen molar-refractivity contribution in [3.05, 3.63) is 36.2 Å². The third kappa shape index (κ3) is 1.08. The van der Waals surface area contributed by atoms with E-state index in [1.165, 1.54) is 0 Å². The molecule has 0 radical (unpaired) electrons. The van der Waals surface area contributed by atoms with E-state index in [1.807, 2.05) is 24.2 Å². The zero-order valence-electron chi connectivity index (χ0n) is 5.83. The molecule has 0 unspecified atom stereocenters. The summed E-state index contributed by atoms with van der Waals surface area (Å²) < 4.78 is 0. The predicted octanol–water partition coefficient (Wildman–Crippen LogP) is 1.41. The Kier molecular flexibility index (Phi) is 1.59. The predicted molar refractivity (Wildman–Crippen MR) is 39.7 cm³/mol. The van der Waals surface area contributed by atoms with E-state index in [4.69, 9.17) is 5.26 Å². The van der Waals surface area contributed by atoms with Crippen molar-refractivity contribution < 1.29 is 0 Å². The van der Waals surface area contributed by atoms with E-state index in [-0.39, 0.29) is 0 Å². The monoisotopic (exact) mass is 132 g/mol. The van der Waals surface area contributed by atoms with Crippen molar-refractivity contribution in [1.29, 1.82) is 5.26 Å². The van der Waals surface area contributed by atoms with Crippen LogP contribution in [-0.4, -0.2) is 11.9 Å². The lowest BCUT2D eigenvalue weighted by Crippen LogP contribution is -2.10. The van der Waals surface area contributed by atoms with Gasteiger partial charge in [0.15, 0.2) is 0 Å². The third-order valence-corrected chi connectivity index (χ3v) is 1.38. The summed E-state index contributed by atoms with van der Waals surface area (Å²) in [7, 11) is 1.89. The number of allylic oxidation sites excluding steroid dienone is 3. The molecule has 0 bridgehead atoms. The molecular formula is C8H8N2. The van der Waals surface area contributed by atoms with Crippen LogP contribution in [0, 0.1) is 11.3 Å². The summed E-state index contributed by atoms with van der Waals surface area (Å²) in [4.78, 5) is 1.86. The molecule has 2 nitrogen and oxygen atoms in total. The van der Waals surface area contributed by atoms with Crippen LogP contribution in [0.25, 0.3) is 0 Å². The largest absolute Gasteiger partial charge is 0.351 e. The molecule has 0 atom stereocenters. The summed E-state index contributed by atoms with van der Waals surface area (Å²) in [6, 6.07) is 2.04. The SMILES string of the molecule is C=C1C=C(C#N)C=CN1C. The third-order valence-electron chi connectivity index (χ3n) is 1.38. The molecule has 0 saturated carbocycles. The van der Waals surface area contributed by atoms with Crippen molar-refractivity contribution >= 4 is 0 Å². The van der Waals surface area contributed by atoms with Crippen molar-refractivity contribution in [2.45, 2.75) is 0 Å². The van der Waals surface area contributed by atoms with Crippen molar-refractivity contribution in [2.75, 3.05) is 7.05 Å². The molecule has 0 spiro atoms. The van der Waals surface area contributed by atoms with E-state index in [9.17, 15) is 0 Å². The highest BCUT2D eigenvalue weighted by Gasteiger charge is 2.01. The fourth-order valence-electron chi connectivity index (χ4n) is 0.687. The summed E-state index contributed by atoms with van der Waals surface area (Å²) in [5, 5.41) is 8.47. The normalized spacial score (nSPS) is 16.6. The van der Waals surface area contributed by atoms with Crippen LogP contribution in [-0.2, 0) is 0 Å². The quantitative estimate of drug-likeness (QED) is 0.498. The lowest BCUT2D eigenvalue weighted by molar-refractivity contribution is 0.585. The highest BCUT2D eigenvalue weighted by molar-refractivity contribution is 5.41. The van der Waals surface area contributed by atoms with Crippen LogP contribution < -0.4 is 0 Å². The van der Waals surface area contributed by atoms with Gasteiger partial charge in [-0.25, -0.2) is 0 Å². The molecular weight excluding hydrogens is 124 g/mol. The minimum Gasteiger partial charge on any atom is -0.351 e. The lowest BCUT2D eigenvalue weighted by Gasteiger charge is -2.16. The Morgan fingerprint density at radius 1 is 1.70 bits per heavy atom. The number of nitrogens with zero attached hydrogens (tertiary/aromatic N) is 2. The Hall–Kier alpha value is -1.49. The molecule has 0 aliphatic carbocycles. The summed E-state index contributed by atoms with van der Waals surface area (Å²) in [6.45, 7) is 3.74. The zero-order valence-corrected chi connectivity index (χ0v) is 5.83. The Balaban J connectivity index is 2.89. The Bertz CT molecular complexity index is 253. The van der Waals surface area contributed by atoms with Crippen LogP contribution in [0.1, 0.15) is 0 Å². The molecule has 0 aromatic heterocycles. The molecule has 0 aromatic carbocycles. The molecule has 1 rings (SSSR count). The van der Waals surface area contributed by atoms with Crippen LogP contribution in [0.5, 0.6) is 0 Å². The van der Waals surface area contributed by atoms with Gasteiger partial charge in [0, 0.05) is 18.9 Å². The Morgan fingerprint density at radius 2 is 2.40 bits per heavy atom. The van der Waals surface area contributed by atoms with E-state index in [0.29, 0.717) is 5.57 Å². The fourth-order valence-corrected chi connectivity index (χ4v) is 0.687. The van der Waals surface area contributed by atoms with E-state index in [2.05, 4.69) is 6.58 Å². The van der Waals surface area contributed by atoms with Crippen molar-refractivity contribution in [1.82, 2.24) is 4.90 Å². The smallest absolute Gasteiger partial charge is 0.0992 e. The molecule has 0 aromatic rings. The molecule has 1 heterocycles. The second-order valence-corrected chi connectivity index (χ2v) is 2.13. The van der Waals surface area contributed by atoms with Gasteiger partial charge in [-0.15, -0.1) is 0 Å². The molecule has 0 amide bonds. The molecule has 1 aliphatic heterocycles. The molecule has 0 fully saturated rings. The van der Waals surface area contributed by atoms with Gasteiger partial charge in [-0.1, -0.05) is 6.58 Å². The first-order valence-corrected chi connectivity index (χ1v) is 2.96. The minimum atomic E-state index is 0.656. The topological polar surface area (TPSA) is 27.0 Å². The van der Waals surface area contributed by atoms with E-state index in [0.717, 1.165) is 5.70 Å². The van der Waals surface area contributed by atoms with Gasteiger partial charge >= 0.3 is 0 Å². The molecule has 50 valence electrons. The number of hydrogen-bond acceptors (Lipinski definition) is 2. The standard InChI is InChI=1S/C8H8N2/c1-7-5-8(6-9)3-4-10(7)2/h3-5H,1H2,2H3. The van der Waals surface area contributed by atoms with Crippen molar-refractivity contribution in [2.24, 2.45) is 0 Å². The zero-order chi connectivity index (χ0) is 7.56. The van der Waals surface area contributed by atoms with Gasteiger partial charge in [0.05, 0.1) is 11.6 Å².